The largest absolute Gasteiger partial charge is 0.353 e. The van der Waals surface area contributed by atoms with E-state index in [0.29, 0.717) is 24.5 Å². The van der Waals surface area contributed by atoms with Gasteiger partial charge in [-0.05, 0) is 38.6 Å². The van der Waals surface area contributed by atoms with E-state index in [2.05, 4.69) is 5.32 Å². The van der Waals surface area contributed by atoms with Crippen LogP contribution in [-0.2, 0) is 14.8 Å². The molecule has 6 nitrogen and oxygen atoms in total. The Morgan fingerprint density at radius 1 is 1.36 bits per heavy atom. The number of halogens is 1. The molecule has 1 aliphatic heterocycles. The van der Waals surface area contributed by atoms with Crippen LogP contribution in [0.1, 0.15) is 30.9 Å². The van der Waals surface area contributed by atoms with Crippen molar-refractivity contribution in [3.8, 4) is 0 Å². The summed E-state index contributed by atoms with van der Waals surface area (Å²) in [5.41, 5.74) is 0.929. The highest BCUT2D eigenvalue weighted by Crippen LogP contribution is 2.26. The Labute approximate surface area is 155 Å². The van der Waals surface area contributed by atoms with Gasteiger partial charge in [0.2, 0.25) is 15.9 Å². The third-order valence-corrected chi connectivity index (χ3v) is 6.17. The van der Waals surface area contributed by atoms with Crippen molar-refractivity contribution < 1.29 is 13.2 Å². The molecule has 0 aromatic heterocycles. The van der Waals surface area contributed by atoms with E-state index in [-0.39, 0.29) is 11.9 Å². The Hall–Kier alpha value is -1.15. The quantitative estimate of drug-likeness (QED) is 0.809. The molecule has 1 aromatic carbocycles. The molecule has 8 heteroatoms. The van der Waals surface area contributed by atoms with Gasteiger partial charge in [-0.25, -0.2) is 8.42 Å². The number of carbonyl (C=O) groups is 1. The molecule has 1 amide bonds. The molecular formula is C17H26ClN3O3S. The molecule has 0 unspecified atom stereocenters. The van der Waals surface area contributed by atoms with Gasteiger partial charge in [0.15, 0.2) is 0 Å². The van der Waals surface area contributed by atoms with Crippen molar-refractivity contribution in [1.82, 2.24) is 14.5 Å². The summed E-state index contributed by atoms with van der Waals surface area (Å²) in [5.74, 6) is -0.246. The van der Waals surface area contributed by atoms with Crippen molar-refractivity contribution in [2.75, 3.05) is 33.4 Å². The summed E-state index contributed by atoms with van der Waals surface area (Å²) in [5, 5.41) is 3.56. The number of sulfonamides is 1. The second kappa shape index (κ2) is 8.49. The summed E-state index contributed by atoms with van der Waals surface area (Å²) in [4.78, 5) is 14.6. The first-order chi connectivity index (χ1) is 11.7. The van der Waals surface area contributed by atoms with Gasteiger partial charge in [-0.1, -0.05) is 36.2 Å². The number of nitrogens with one attached hydrogen (secondary N) is 1. The predicted molar refractivity (Wildman–Crippen MR) is 100 cm³/mol. The smallest absolute Gasteiger partial charge is 0.238 e. The number of rotatable bonds is 6. The average molecular weight is 388 g/mol. The van der Waals surface area contributed by atoms with Gasteiger partial charge in [-0.2, -0.15) is 4.31 Å². The van der Waals surface area contributed by atoms with Crippen molar-refractivity contribution in [3.05, 3.63) is 34.9 Å². The third kappa shape index (κ3) is 5.17. The molecule has 1 aliphatic rings. The van der Waals surface area contributed by atoms with Crippen LogP contribution in [0.4, 0.5) is 0 Å². The highest BCUT2D eigenvalue weighted by atomic mass is 35.5. The lowest BCUT2D eigenvalue weighted by Crippen LogP contribution is -2.52. The van der Waals surface area contributed by atoms with Gasteiger partial charge in [-0.15, -0.1) is 0 Å². The third-order valence-electron chi connectivity index (χ3n) is 4.54. The number of likely N-dealkylation sites (N-methyl/N-ethyl adjacent to an activating group) is 1. The molecule has 1 N–H and O–H groups in total. The fourth-order valence-corrected chi connectivity index (χ4v) is 4.58. The number of benzene rings is 1. The van der Waals surface area contributed by atoms with E-state index in [0.717, 1.165) is 24.7 Å². The van der Waals surface area contributed by atoms with Crippen LogP contribution in [0.5, 0.6) is 0 Å². The fraction of sp³-hybridized carbons (Fsp3) is 0.588. The van der Waals surface area contributed by atoms with E-state index < -0.39 is 16.1 Å². The summed E-state index contributed by atoms with van der Waals surface area (Å²) >= 11 is 6.28. The molecule has 0 spiro atoms. The van der Waals surface area contributed by atoms with Crippen molar-refractivity contribution in [2.24, 2.45) is 0 Å². The minimum atomic E-state index is -3.39. The Balaban J connectivity index is 2.09. The molecule has 1 saturated heterocycles. The molecule has 0 aliphatic carbocycles. The van der Waals surface area contributed by atoms with Crippen LogP contribution in [0.2, 0.25) is 5.02 Å². The van der Waals surface area contributed by atoms with Gasteiger partial charge in [0.1, 0.15) is 6.04 Å². The van der Waals surface area contributed by atoms with E-state index in [1.165, 1.54) is 4.31 Å². The zero-order valence-corrected chi connectivity index (χ0v) is 16.5. The van der Waals surface area contributed by atoms with Crippen molar-refractivity contribution in [2.45, 2.75) is 31.3 Å². The minimum Gasteiger partial charge on any atom is -0.353 e. The molecule has 1 fully saturated rings. The molecule has 140 valence electrons. The molecule has 0 saturated carbocycles. The Morgan fingerprint density at radius 3 is 2.64 bits per heavy atom. The number of nitrogens with zero attached hydrogens (tertiary/aromatic N) is 2. The highest BCUT2D eigenvalue weighted by molar-refractivity contribution is 7.88. The van der Waals surface area contributed by atoms with E-state index in [1.54, 1.807) is 0 Å². The predicted octanol–water partition coefficient (Wildman–Crippen LogP) is 1.87. The summed E-state index contributed by atoms with van der Waals surface area (Å²) in [6.07, 6.45) is 3.35. The van der Waals surface area contributed by atoms with Gasteiger partial charge >= 0.3 is 0 Å². The molecule has 2 atom stereocenters. The lowest BCUT2D eigenvalue weighted by molar-refractivity contribution is -0.125. The Morgan fingerprint density at radius 2 is 2.04 bits per heavy atom. The number of carbonyl (C=O) groups excluding carboxylic acids is 1. The average Bonchev–Trinajstić information content (AvgIpc) is 2.55. The first-order valence-electron chi connectivity index (χ1n) is 8.37. The molecule has 0 bridgehead atoms. The topological polar surface area (TPSA) is 69.7 Å². The van der Waals surface area contributed by atoms with Crippen molar-refractivity contribution >= 4 is 27.5 Å². The van der Waals surface area contributed by atoms with Crippen LogP contribution >= 0.6 is 11.6 Å². The summed E-state index contributed by atoms with van der Waals surface area (Å²) in [6, 6.07) is 6.81. The van der Waals surface area contributed by atoms with Crippen LogP contribution in [0, 0.1) is 0 Å². The van der Waals surface area contributed by atoms with Crippen LogP contribution in [0.3, 0.4) is 0 Å². The lowest BCUT2D eigenvalue weighted by atomic mass is 10.0. The summed E-state index contributed by atoms with van der Waals surface area (Å²) in [7, 11) is 0.448. The normalized spacial score (nSPS) is 20.4. The first kappa shape index (κ1) is 20.2. The second-order valence-electron chi connectivity index (χ2n) is 6.63. The zero-order valence-electron chi connectivity index (χ0n) is 14.9. The molecule has 0 radical (unpaired) electrons. The fourth-order valence-electron chi connectivity index (χ4n) is 3.20. The molecular weight excluding hydrogens is 362 g/mol. The second-order valence-corrected chi connectivity index (χ2v) is 8.97. The number of piperidine rings is 1. The van der Waals surface area contributed by atoms with Crippen molar-refractivity contribution in [1.29, 1.82) is 0 Å². The standard InChI is InChI=1S/C17H26ClN3O3S/c1-20(2)16(13-8-4-5-9-14(13)18)12-19-17(22)15-10-6-7-11-21(15)25(3,23)24/h4-5,8-9,15-16H,6-7,10-12H2,1-3H3,(H,19,22)/t15-,16+/m0/s1. The maximum atomic E-state index is 12.6. The van der Waals surface area contributed by atoms with Gasteiger partial charge in [0, 0.05) is 18.1 Å². The Bertz CT molecular complexity index is 709. The SMILES string of the molecule is CN(C)[C@H](CNC(=O)[C@@H]1CCCCN1S(C)(=O)=O)c1ccccc1Cl. The molecule has 1 heterocycles. The van der Waals surface area contributed by atoms with Gasteiger partial charge < -0.3 is 10.2 Å². The molecule has 1 aromatic rings. The zero-order chi connectivity index (χ0) is 18.6. The van der Waals surface area contributed by atoms with E-state index in [1.807, 2.05) is 43.3 Å². The van der Waals surface area contributed by atoms with Crippen LogP contribution < -0.4 is 5.32 Å². The summed E-state index contributed by atoms with van der Waals surface area (Å²) in [6.45, 7) is 0.766. The molecule has 2 rings (SSSR count). The van der Waals surface area contributed by atoms with Gasteiger partial charge in [-0.3, -0.25) is 4.79 Å². The number of amides is 1. The van der Waals surface area contributed by atoms with Crippen LogP contribution in [-0.4, -0.2) is 63.0 Å². The monoisotopic (exact) mass is 387 g/mol. The van der Waals surface area contributed by atoms with Crippen LogP contribution in [0.25, 0.3) is 0 Å². The maximum absolute atomic E-state index is 12.6. The maximum Gasteiger partial charge on any atom is 0.238 e. The minimum absolute atomic E-state index is 0.0899. The van der Waals surface area contributed by atoms with E-state index >= 15 is 0 Å². The number of hydrogen-bond acceptors (Lipinski definition) is 4. The highest BCUT2D eigenvalue weighted by Gasteiger charge is 2.34. The van der Waals surface area contributed by atoms with Gasteiger partial charge in [0.05, 0.1) is 12.3 Å². The lowest BCUT2D eigenvalue weighted by Gasteiger charge is -2.33. The van der Waals surface area contributed by atoms with E-state index in [9.17, 15) is 13.2 Å². The first-order valence-corrected chi connectivity index (χ1v) is 10.6. The molecule has 25 heavy (non-hydrogen) atoms. The summed E-state index contributed by atoms with van der Waals surface area (Å²) < 4.78 is 25.2. The van der Waals surface area contributed by atoms with E-state index in [4.69, 9.17) is 11.6 Å². The van der Waals surface area contributed by atoms with Gasteiger partial charge in [0.25, 0.3) is 0 Å². The Kier molecular flexibility index (Phi) is 6.85. The number of hydrogen-bond donors (Lipinski definition) is 1. The van der Waals surface area contributed by atoms with Crippen molar-refractivity contribution in [3.63, 3.8) is 0 Å². The van der Waals surface area contributed by atoms with Crippen LogP contribution in [0.15, 0.2) is 24.3 Å².